The number of rotatable bonds is 0. The summed E-state index contributed by atoms with van der Waals surface area (Å²) in [6.07, 6.45) is 1.28. The molecule has 1 aromatic rings. The van der Waals surface area contributed by atoms with Gasteiger partial charge in [-0.1, -0.05) is 12.8 Å². The summed E-state index contributed by atoms with van der Waals surface area (Å²) in [6.45, 7) is 0. The molecule has 54 valence electrons. The van der Waals surface area contributed by atoms with Crippen LogP contribution >= 0.6 is 29.0 Å². The number of aromatic nitrogens is 2. The molecule has 0 spiro atoms. The van der Waals surface area contributed by atoms with E-state index in [1.54, 1.807) is 0 Å². The molecule has 1 rings (SSSR count). The first-order chi connectivity index (χ1) is 4.63. The lowest BCUT2D eigenvalue weighted by Crippen LogP contribution is -2.30. The van der Waals surface area contributed by atoms with Crippen molar-refractivity contribution in [2.24, 2.45) is 0 Å². The maximum Gasteiger partial charge on any atom is 0.351 e. The summed E-state index contributed by atoms with van der Waals surface area (Å²) < 4.78 is 1.79. The van der Waals surface area contributed by atoms with Crippen LogP contribution in [0.2, 0.25) is 0 Å². The minimum absolute atomic E-state index is 0.407. The van der Waals surface area contributed by atoms with Gasteiger partial charge in [-0.3, -0.25) is 4.79 Å². The van der Waals surface area contributed by atoms with Crippen molar-refractivity contribution in [2.45, 2.75) is 0 Å². The van der Waals surface area contributed by atoms with Crippen LogP contribution in [0.3, 0.4) is 0 Å². The Labute approximate surface area is 70.0 Å². The fraction of sp³-hybridized carbons (Fsp3) is 0. The zero-order valence-corrected chi connectivity index (χ0v) is 7.17. The van der Waals surface area contributed by atoms with E-state index in [9.17, 15) is 9.59 Å². The van der Waals surface area contributed by atoms with Crippen LogP contribution in [0, 0.1) is 0 Å². The van der Waals surface area contributed by atoms with Crippen LogP contribution in [-0.2, 0) is 0 Å². The first-order valence-electron chi connectivity index (χ1n) is 2.33. The van der Waals surface area contributed by atoms with Crippen molar-refractivity contribution in [2.75, 3.05) is 0 Å². The van der Waals surface area contributed by atoms with Crippen molar-refractivity contribution in [3.63, 3.8) is 0 Å². The lowest BCUT2D eigenvalue weighted by molar-refractivity contribution is 0.960. The van der Waals surface area contributed by atoms with Crippen LogP contribution in [0.1, 0.15) is 0 Å². The van der Waals surface area contributed by atoms with E-state index in [0.29, 0.717) is 0 Å². The average molecular weight is 223 g/mol. The quantitative estimate of drug-likeness (QED) is 0.622. The predicted octanol–water partition coefficient (Wildman–Crippen LogP) is -0.139. The van der Waals surface area contributed by atoms with Crippen molar-refractivity contribution in [1.82, 2.24) is 7.57 Å². The Bertz CT molecular complexity index is 355. The molecule has 6 heteroatoms. The Hall–Kier alpha value is -0.490. The van der Waals surface area contributed by atoms with E-state index in [2.05, 4.69) is 29.0 Å². The number of hydrogen-bond donors (Lipinski definition) is 1. The monoisotopic (exact) mass is 222 g/mol. The molecule has 10 heavy (non-hydrogen) atoms. The predicted molar refractivity (Wildman–Crippen MR) is 43.7 cm³/mol. The average Bonchev–Trinajstić information content (AvgIpc) is 1.93. The van der Waals surface area contributed by atoms with Crippen molar-refractivity contribution in [1.29, 1.82) is 0 Å². The maximum atomic E-state index is 10.8. The van der Waals surface area contributed by atoms with Crippen LogP contribution in [0.4, 0.5) is 0 Å². The molecule has 0 amide bonds. The molecule has 0 unspecified atom stereocenters. The minimum atomic E-state index is -0.518. The standard InChI is InChI=1S/C4H3BrN2O2S/c5-7-3(8)1-2-6(10)4(7)9/h1-2,10H. The third-order valence-electron chi connectivity index (χ3n) is 0.916. The van der Waals surface area contributed by atoms with Gasteiger partial charge in [-0.2, -0.15) is 3.59 Å². The van der Waals surface area contributed by atoms with Gasteiger partial charge in [0.25, 0.3) is 5.56 Å². The van der Waals surface area contributed by atoms with Gasteiger partial charge < -0.3 is 0 Å². The molecule has 0 saturated carbocycles. The van der Waals surface area contributed by atoms with Crippen LogP contribution < -0.4 is 11.2 Å². The van der Waals surface area contributed by atoms with E-state index in [0.717, 1.165) is 7.57 Å². The zero-order valence-electron chi connectivity index (χ0n) is 4.69. The highest BCUT2D eigenvalue weighted by Gasteiger charge is 1.96. The van der Waals surface area contributed by atoms with Gasteiger partial charge in [-0.05, 0) is 0 Å². The lowest BCUT2D eigenvalue weighted by Gasteiger charge is -1.94. The van der Waals surface area contributed by atoms with Crippen molar-refractivity contribution in [3.8, 4) is 0 Å². The molecular formula is C4H3BrN2O2S. The minimum Gasteiger partial charge on any atom is -0.268 e. The number of thiol groups is 1. The number of nitrogens with zero attached hydrogens (tertiary/aromatic N) is 2. The summed E-state index contributed by atoms with van der Waals surface area (Å²) in [5.74, 6) is 0. The maximum absolute atomic E-state index is 10.8. The van der Waals surface area contributed by atoms with Crippen molar-refractivity contribution < 1.29 is 0 Å². The molecule has 4 nitrogen and oxygen atoms in total. The van der Waals surface area contributed by atoms with Crippen molar-refractivity contribution >= 4 is 29.0 Å². The van der Waals surface area contributed by atoms with E-state index in [4.69, 9.17) is 0 Å². The van der Waals surface area contributed by atoms with Gasteiger partial charge in [0.15, 0.2) is 0 Å². The molecule has 0 aliphatic rings. The Morgan fingerprint density at radius 3 is 2.60 bits per heavy atom. The summed E-state index contributed by atoms with van der Waals surface area (Å²) in [6, 6.07) is 1.23. The van der Waals surface area contributed by atoms with Gasteiger partial charge in [0.05, 0.1) is 16.1 Å². The van der Waals surface area contributed by atoms with E-state index in [1.165, 1.54) is 12.3 Å². The summed E-state index contributed by atoms with van der Waals surface area (Å²) in [5, 5.41) is 0. The fourth-order valence-electron chi connectivity index (χ4n) is 0.448. The zero-order chi connectivity index (χ0) is 7.72. The summed E-state index contributed by atoms with van der Waals surface area (Å²) >= 11 is 6.48. The Morgan fingerprint density at radius 1 is 1.50 bits per heavy atom. The third-order valence-corrected chi connectivity index (χ3v) is 1.87. The molecule has 0 radical (unpaired) electrons. The van der Waals surface area contributed by atoms with E-state index in [1.807, 2.05) is 0 Å². The first kappa shape index (κ1) is 7.62. The normalized spacial score (nSPS) is 9.80. The highest BCUT2D eigenvalue weighted by atomic mass is 79.9. The Balaban J connectivity index is 3.66. The fourth-order valence-corrected chi connectivity index (χ4v) is 1.02. The molecule has 0 aliphatic carbocycles. The molecule has 0 bridgehead atoms. The van der Waals surface area contributed by atoms with Crippen molar-refractivity contribution in [3.05, 3.63) is 33.1 Å². The van der Waals surface area contributed by atoms with Gasteiger partial charge in [0.1, 0.15) is 0 Å². The summed E-state index contributed by atoms with van der Waals surface area (Å²) in [5.41, 5.74) is -0.925. The van der Waals surface area contributed by atoms with Gasteiger partial charge in [0.2, 0.25) is 0 Å². The first-order valence-corrected chi connectivity index (χ1v) is 3.44. The second-order valence-corrected chi connectivity index (χ2v) is 2.70. The summed E-state index contributed by atoms with van der Waals surface area (Å²) in [7, 11) is 0. The molecule has 0 atom stereocenters. The SMILES string of the molecule is O=c1ccn(S)c(=O)n1Br. The molecule has 0 fully saturated rings. The van der Waals surface area contributed by atoms with E-state index >= 15 is 0 Å². The van der Waals surface area contributed by atoms with Gasteiger partial charge in [-0.25, -0.2) is 8.77 Å². The lowest BCUT2D eigenvalue weighted by atomic mass is 10.7. The van der Waals surface area contributed by atoms with Gasteiger partial charge in [-0.15, -0.1) is 0 Å². The summed E-state index contributed by atoms with van der Waals surface area (Å²) in [4.78, 5) is 21.5. The number of hydrogen-bond acceptors (Lipinski definition) is 3. The second kappa shape index (κ2) is 2.63. The van der Waals surface area contributed by atoms with E-state index < -0.39 is 11.2 Å². The molecular weight excluding hydrogens is 220 g/mol. The van der Waals surface area contributed by atoms with Gasteiger partial charge in [0, 0.05) is 12.3 Å². The van der Waals surface area contributed by atoms with E-state index in [-0.39, 0.29) is 0 Å². The highest BCUT2D eigenvalue weighted by molar-refractivity contribution is 9.08. The Morgan fingerprint density at radius 2 is 2.10 bits per heavy atom. The highest BCUT2D eigenvalue weighted by Crippen LogP contribution is 1.81. The smallest absolute Gasteiger partial charge is 0.268 e. The Kier molecular flexibility index (Phi) is 2.00. The van der Waals surface area contributed by atoms with Crippen LogP contribution in [0.25, 0.3) is 0 Å². The molecule has 1 aromatic heterocycles. The van der Waals surface area contributed by atoms with Crippen LogP contribution in [0.5, 0.6) is 0 Å². The van der Waals surface area contributed by atoms with Crippen LogP contribution in [0.15, 0.2) is 21.9 Å². The topological polar surface area (TPSA) is 44.0 Å². The molecule has 0 saturated heterocycles. The van der Waals surface area contributed by atoms with Gasteiger partial charge >= 0.3 is 5.69 Å². The van der Waals surface area contributed by atoms with Crippen LogP contribution in [-0.4, -0.2) is 7.57 Å². The molecule has 0 aromatic carbocycles. The molecule has 1 heterocycles. The molecule has 0 aliphatic heterocycles. The largest absolute Gasteiger partial charge is 0.351 e. The third kappa shape index (κ3) is 1.17. The second-order valence-electron chi connectivity index (χ2n) is 1.56. The number of halogens is 1. The molecule has 0 N–H and O–H groups in total.